The Morgan fingerprint density at radius 2 is 1.86 bits per heavy atom. The molecule has 146 valence electrons. The number of para-hydroxylation sites is 1. The van der Waals surface area contributed by atoms with Gasteiger partial charge in [-0.05, 0) is 57.4 Å². The van der Waals surface area contributed by atoms with E-state index in [0.29, 0.717) is 22.5 Å². The molecule has 0 amide bonds. The summed E-state index contributed by atoms with van der Waals surface area (Å²) in [7, 11) is 1.34. The predicted octanol–water partition coefficient (Wildman–Crippen LogP) is 4.95. The standard InChI is InChI=1S/C22H24N2O3S/c1-11-8-7-9-16-12(2)10-17(24-19(11)16)28-15(5)21(25)20-13(3)18(14(4)23-20)22(26)27-6/h7-10,15,23H,1-6H3/t15-/m1/s1. The van der Waals surface area contributed by atoms with E-state index in [1.165, 1.54) is 18.9 Å². The van der Waals surface area contributed by atoms with Gasteiger partial charge in [-0.25, -0.2) is 9.78 Å². The summed E-state index contributed by atoms with van der Waals surface area (Å²) in [4.78, 5) is 32.8. The quantitative estimate of drug-likeness (QED) is 0.375. The number of nitrogens with zero attached hydrogens (tertiary/aromatic N) is 1. The monoisotopic (exact) mass is 396 g/mol. The van der Waals surface area contributed by atoms with Crippen LogP contribution in [0.15, 0.2) is 29.3 Å². The topological polar surface area (TPSA) is 72.1 Å². The first-order chi connectivity index (χ1) is 13.2. The number of ether oxygens (including phenoxy) is 1. The molecule has 6 heteroatoms. The molecule has 2 heterocycles. The number of methoxy groups -OCH3 is 1. The summed E-state index contributed by atoms with van der Waals surface area (Å²) in [6.07, 6.45) is 0. The third-order valence-electron chi connectivity index (χ3n) is 4.96. The Labute approximate surface area is 168 Å². The first-order valence-electron chi connectivity index (χ1n) is 9.10. The van der Waals surface area contributed by atoms with Crippen molar-refractivity contribution in [2.24, 2.45) is 0 Å². The summed E-state index contributed by atoms with van der Waals surface area (Å²) in [5.41, 5.74) is 5.35. The van der Waals surface area contributed by atoms with Crippen molar-refractivity contribution in [1.29, 1.82) is 0 Å². The number of ketones is 1. The summed E-state index contributed by atoms with van der Waals surface area (Å²) in [5, 5.41) is 1.59. The van der Waals surface area contributed by atoms with Crippen LogP contribution in [0.1, 0.15) is 50.2 Å². The molecule has 0 unspecified atom stereocenters. The summed E-state index contributed by atoms with van der Waals surface area (Å²) in [5.74, 6) is -0.502. The van der Waals surface area contributed by atoms with Crippen LogP contribution in [0.5, 0.6) is 0 Å². The first-order valence-corrected chi connectivity index (χ1v) is 9.97. The lowest BCUT2D eigenvalue weighted by Crippen LogP contribution is -2.15. The molecule has 2 aromatic heterocycles. The van der Waals surface area contributed by atoms with Crippen LogP contribution in [-0.4, -0.2) is 34.1 Å². The highest BCUT2D eigenvalue weighted by Crippen LogP contribution is 2.30. The summed E-state index contributed by atoms with van der Waals surface area (Å²) >= 11 is 1.43. The molecule has 0 saturated carbocycles. The van der Waals surface area contributed by atoms with Crippen molar-refractivity contribution < 1.29 is 14.3 Å². The Hall–Kier alpha value is -2.60. The summed E-state index contributed by atoms with van der Waals surface area (Å²) < 4.78 is 4.83. The van der Waals surface area contributed by atoms with Crippen molar-refractivity contribution in [3.05, 3.63) is 57.9 Å². The normalized spacial score (nSPS) is 12.2. The Balaban J connectivity index is 1.91. The summed E-state index contributed by atoms with van der Waals surface area (Å²) in [6, 6.07) is 8.15. The number of esters is 1. The minimum absolute atomic E-state index is 0.0647. The molecule has 0 spiro atoms. The van der Waals surface area contributed by atoms with Gasteiger partial charge in [0.25, 0.3) is 0 Å². The molecule has 3 rings (SSSR count). The van der Waals surface area contributed by atoms with Crippen molar-refractivity contribution >= 4 is 34.4 Å². The van der Waals surface area contributed by atoms with Gasteiger partial charge in [0.05, 0.1) is 34.2 Å². The van der Waals surface area contributed by atoms with Gasteiger partial charge in [0.15, 0.2) is 5.78 Å². The third-order valence-corrected chi connectivity index (χ3v) is 5.98. The number of hydrogen-bond acceptors (Lipinski definition) is 5. The SMILES string of the molecule is COC(=O)c1c(C)[nH]c(C(=O)[C@@H](C)Sc2cc(C)c3cccc(C)c3n2)c1C. The van der Waals surface area contributed by atoms with E-state index in [2.05, 4.69) is 18.0 Å². The fourth-order valence-electron chi connectivity index (χ4n) is 3.43. The van der Waals surface area contributed by atoms with Crippen LogP contribution < -0.4 is 0 Å². The number of H-pyrrole nitrogens is 1. The van der Waals surface area contributed by atoms with E-state index in [9.17, 15) is 9.59 Å². The van der Waals surface area contributed by atoms with Gasteiger partial charge in [-0.1, -0.05) is 30.0 Å². The number of Topliss-reactive ketones (excluding diaryl/α,β-unsaturated/α-hetero) is 1. The van der Waals surface area contributed by atoms with E-state index in [0.717, 1.165) is 27.1 Å². The number of aromatic nitrogens is 2. The molecular weight excluding hydrogens is 372 g/mol. The number of aromatic amines is 1. The average Bonchev–Trinajstić information content (AvgIpc) is 2.95. The van der Waals surface area contributed by atoms with Gasteiger partial charge >= 0.3 is 5.97 Å². The number of aryl methyl sites for hydroxylation is 3. The molecule has 3 aromatic rings. The van der Waals surface area contributed by atoms with Gasteiger partial charge in [-0.15, -0.1) is 0 Å². The molecule has 0 aliphatic heterocycles. The molecule has 5 nitrogen and oxygen atoms in total. The highest BCUT2D eigenvalue weighted by molar-refractivity contribution is 8.00. The molecule has 0 aliphatic rings. The Morgan fingerprint density at radius 3 is 2.54 bits per heavy atom. The fraction of sp³-hybridized carbons (Fsp3) is 0.318. The first kappa shape index (κ1) is 20.1. The highest BCUT2D eigenvalue weighted by atomic mass is 32.2. The second kappa shape index (κ2) is 7.80. The predicted molar refractivity (Wildman–Crippen MR) is 112 cm³/mol. The molecule has 0 saturated heterocycles. The molecular formula is C22H24N2O3S. The summed E-state index contributed by atoms with van der Waals surface area (Å²) in [6.45, 7) is 9.49. The Morgan fingerprint density at radius 1 is 1.14 bits per heavy atom. The van der Waals surface area contributed by atoms with Crippen LogP contribution in [0.3, 0.4) is 0 Å². The van der Waals surface area contributed by atoms with Gasteiger partial charge in [0.1, 0.15) is 0 Å². The van der Waals surface area contributed by atoms with Crippen LogP contribution in [0.4, 0.5) is 0 Å². The average molecular weight is 397 g/mol. The minimum Gasteiger partial charge on any atom is -0.465 e. The Kier molecular flexibility index (Phi) is 5.61. The van der Waals surface area contributed by atoms with Crippen LogP contribution in [0.2, 0.25) is 0 Å². The van der Waals surface area contributed by atoms with Gasteiger partial charge < -0.3 is 9.72 Å². The molecule has 0 bridgehead atoms. The van der Waals surface area contributed by atoms with Crippen molar-refractivity contribution in [3.63, 3.8) is 0 Å². The van der Waals surface area contributed by atoms with Crippen LogP contribution in [-0.2, 0) is 4.74 Å². The lowest BCUT2D eigenvalue weighted by atomic mass is 10.1. The maximum absolute atomic E-state index is 13.0. The zero-order chi connectivity index (χ0) is 20.6. The van der Waals surface area contributed by atoms with Gasteiger partial charge in [0, 0.05) is 11.1 Å². The van der Waals surface area contributed by atoms with Crippen molar-refractivity contribution in [1.82, 2.24) is 9.97 Å². The highest BCUT2D eigenvalue weighted by Gasteiger charge is 2.26. The second-order valence-corrected chi connectivity index (χ2v) is 8.35. The number of benzene rings is 1. The maximum atomic E-state index is 13.0. The van der Waals surface area contributed by atoms with Crippen molar-refractivity contribution in [2.75, 3.05) is 7.11 Å². The third kappa shape index (κ3) is 3.56. The molecule has 0 fully saturated rings. The number of hydrogen-bond donors (Lipinski definition) is 1. The number of nitrogens with one attached hydrogen (secondary N) is 1. The number of rotatable bonds is 5. The van der Waals surface area contributed by atoms with E-state index in [1.54, 1.807) is 13.8 Å². The van der Waals surface area contributed by atoms with E-state index in [4.69, 9.17) is 9.72 Å². The lowest BCUT2D eigenvalue weighted by Gasteiger charge is -2.12. The van der Waals surface area contributed by atoms with Crippen molar-refractivity contribution in [2.45, 2.75) is 44.9 Å². The molecule has 0 aliphatic carbocycles. The largest absolute Gasteiger partial charge is 0.465 e. The number of pyridine rings is 1. The zero-order valence-electron chi connectivity index (χ0n) is 17.0. The number of fused-ring (bicyclic) bond motifs is 1. The van der Waals surface area contributed by atoms with Crippen LogP contribution in [0.25, 0.3) is 10.9 Å². The van der Waals surface area contributed by atoms with E-state index in [-0.39, 0.29) is 11.0 Å². The molecule has 28 heavy (non-hydrogen) atoms. The minimum atomic E-state index is -0.437. The van der Waals surface area contributed by atoms with Crippen LogP contribution in [0, 0.1) is 27.7 Å². The number of thioether (sulfide) groups is 1. The zero-order valence-corrected chi connectivity index (χ0v) is 17.8. The lowest BCUT2D eigenvalue weighted by molar-refractivity contribution is 0.0599. The molecule has 0 radical (unpaired) electrons. The van der Waals surface area contributed by atoms with E-state index < -0.39 is 5.97 Å². The molecule has 1 aromatic carbocycles. The second-order valence-electron chi connectivity index (χ2n) is 6.99. The number of carbonyl (C=O) groups is 2. The molecule has 1 N–H and O–H groups in total. The van der Waals surface area contributed by atoms with Gasteiger partial charge in [0.2, 0.25) is 0 Å². The van der Waals surface area contributed by atoms with Gasteiger partial charge in [-0.2, -0.15) is 0 Å². The maximum Gasteiger partial charge on any atom is 0.339 e. The van der Waals surface area contributed by atoms with Crippen molar-refractivity contribution in [3.8, 4) is 0 Å². The van der Waals surface area contributed by atoms with Crippen LogP contribution >= 0.6 is 11.8 Å². The smallest absolute Gasteiger partial charge is 0.339 e. The van der Waals surface area contributed by atoms with Gasteiger partial charge in [-0.3, -0.25) is 4.79 Å². The fourth-order valence-corrected chi connectivity index (χ4v) is 4.41. The Bertz CT molecular complexity index is 1090. The van der Waals surface area contributed by atoms with E-state index >= 15 is 0 Å². The van der Waals surface area contributed by atoms with E-state index in [1.807, 2.05) is 32.0 Å². The molecule has 1 atom stereocenters. The number of carbonyl (C=O) groups excluding carboxylic acids is 2.